The average Bonchev–Trinajstić information content (AvgIpc) is 3.57. The topological polar surface area (TPSA) is 98.2 Å². The molecule has 0 unspecified atom stereocenters. The molecule has 0 saturated heterocycles. The molecule has 0 atom stereocenters. The number of H-pyrrole nitrogens is 1. The molecule has 2 aromatic heterocycles. The molecule has 9 nitrogen and oxygen atoms in total. The second-order valence-electron chi connectivity index (χ2n) is 9.24. The molecule has 36 heavy (non-hydrogen) atoms. The van der Waals surface area contributed by atoms with E-state index in [1.165, 1.54) is 12.8 Å². The van der Waals surface area contributed by atoms with Crippen molar-refractivity contribution in [3.63, 3.8) is 0 Å². The number of aromatic nitrogens is 5. The van der Waals surface area contributed by atoms with Gasteiger partial charge in [0.05, 0.1) is 26.3 Å². The van der Waals surface area contributed by atoms with Crippen LogP contribution in [0.25, 0.3) is 10.9 Å². The molecule has 0 amide bonds. The fourth-order valence-electron chi connectivity index (χ4n) is 5.04. The monoisotopic (exact) mass is 488 g/mol. The molecule has 1 fully saturated rings. The maximum absolute atomic E-state index is 13.0. The smallest absolute Gasteiger partial charge is 0.252 e. The van der Waals surface area contributed by atoms with Crippen LogP contribution < -0.4 is 15.0 Å². The summed E-state index contributed by atoms with van der Waals surface area (Å²) in [5, 5.41) is 13.6. The maximum Gasteiger partial charge on any atom is 0.252 e. The zero-order valence-electron chi connectivity index (χ0n) is 20.8. The van der Waals surface area contributed by atoms with Crippen molar-refractivity contribution in [3.8, 4) is 11.5 Å². The van der Waals surface area contributed by atoms with Crippen LogP contribution in [0.2, 0.25) is 0 Å². The number of hydrogen-bond donors (Lipinski definition) is 1. The first-order valence-electron chi connectivity index (χ1n) is 12.5. The quantitative estimate of drug-likeness (QED) is 0.356. The first-order valence-corrected chi connectivity index (χ1v) is 12.5. The largest absolute Gasteiger partial charge is 0.496 e. The molecule has 188 valence electrons. The molecule has 0 bridgehead atoms. The molecular weight excluding hydrogens is 456 g/mol. The van der Waals surface area contributed by atoms with Crippen molar-refractivity contribution in [2.24, 2.45) is 0 Å². The summed E-state index contributed by atoms with van der Waals surface area (Å²) in [6, 6.07) is 16.0. The van der Waals surface area contributed by atoms with E-state index in [0.717, 1.165) is 46.6 Å². The lowest BCUT2D eigenvalue weighted by Crippen LogP contribution is -2.28. The minimum atomic E-state index is -0.105. The molecule has 5 rings (SSSR count). The summed E-state index contributed by atoms with van der Waals surface area (Å²) in [6.45, 7) is 4.07. The standard InChI is InChI=1S/C27H32N6O3/c1-3-36-23-12-13-24-20(15-23)14-21(27(34)28-24)17-32(16-19-8-4-7-11-25(19)35-2)18-26-29-30-31-33(26)22-9-5-6-10-22/h4,7-8,11-15,22H,3,5-6,9-10,16-18H2,1-2H3,(H,28,34). The van der Waals surface area contributed by atoms with E-state index < -0.39 is 0 Å². The number of benzene rings is 2. The number of fused-ring (bicyclic) bond motifs is 1. The predicted molar refractivity (Wildman–Crippen MR) is 137 cm³/mol. The van der Waals surface area contributed by atoms with E-state index in [-0.39, 0.29) is 5.56 Å². The number of para-hydroxylation sites is 1. The molecule has 4 aromatic rings. The lowest BCUT2D eigenvalue weighted by molar-refractivity contribution is 0.228. The third-order valence-electron chi connectivity index (χ3n) is 6.78. The summed E-state index contributed by atoms with van der Waals surface area (Å²) in [5.74, 6) is 2.41. The second-order valence-corrected chi connectivity index (χ2v) is 9.24. The van der Waals surface area contributed by atoms with Crippen molar-refractivity contribution >= 4 is 10.9 Å². The first-order chi connectivity index (χ1) is 17.6. The maximum atomic E-state index is 13.0. The summed E-state index contributed by atoms with van der Waals surface area (Å²) in [6.07, 6.45) is 4.59. The molecule has 2 aromatic carbocycles. The number of methoxy groups -OCH3 is 1. The van der Waals surface area contributed by atoms with Crippen LogP contribution in [0.4, 0.5) is 0 Å². The Morgan fingerprint density at radius 2 is 1.86 bits per heavy atom. The molecular formula is C27H32N6O3. The van der Waals surface area contributed by atoms with Crippen molar-refractivity contribution < 1.29 is 9.47 Å². The summed E-state index contributed by atoms with van der Waals surface area (Å²) >= 11 is 0. The van der Waals surface area contributed by atoms with Gasteiger partial charge in [-0.3, -0.25) is 9.69 Å². The van der Waals surface area contributed by atoms with Gasteiger partial charge in [-0.1, -0.05) is 31.0 Å². The van der Waals surface area contributed by atoms with E-state index in [0.29, 0.717) is 37.8 Å². The van der Waals surface area contributed by atoms with Crippen LogP contribution in [0.1, 0.15) is 55.6 Å². The molecule has 0 spiro atoms. The third-order valence-corrected chi connectivity index (χ3v) is 6.78. The first kappa shape index (κ1) is 24.0. The Morgan fingerprint density at radius 3 is 2.67 bits per heavy atom. The average molecular weight is 489 g/mol. The Hall–Kier alpha value is -3.72. The van der Waals surface area contributed by atoms with E-state index in [4.69, 9.17) is 9.47 Å². The SMILES string of the molecule is CCOc1ccc2[nH]c(=O)c(CN(Cc3ccccc3OC)Cc3nnnn3C3CCCC3)cc2c1. The third kappa shape index (κ3) is 5.26. The molecule has 9 heteroatoms. The lowest BCUT2D eigenvalue weighted by atomic mass is 10.1. The van der Waals surface area contributed by atoms with E-state index in [1.54, 1.807) is 7.11 Å². The van der Waals surface area contributed by atoms with E-state index in [9.17, 15) is 4.79 Å². The van der Waals surface area contributed by atoms with Crippen LogP contribution in [0.3, 0.4) is 0 Å². The van der Waals surface area contributed by atoms with E-state index >= 15 is 0 Å². The number of aromatic amines is 1. The van der Waals surface area contributed by atoms with Gasteiger partial charge in [-0.15, -0.1) is 5.10 Å². The van der Waals surface area contributed by atoms with Crippen molar-refractivity contribution in [2.45, 2.75) is 58.3 Å². The summed E-state index contributed by atoms with van der Waals surface area (Å²) in [4.78, 5) is 18.3. The number of pyridine rings is 1. The van der Waals surface area contributed by atoms with Crippen LogP contribution in [-0.4, -0.2) is 43.8 Å². The minimum Gasteiger partial charge on any atom is -0.496 e. The van der Waals surface area contributed by atoms with Gasteiger partial charge in [0.1, 0.15) is 11.5 Å². The molecule has 0 radical (unpaired) electrons. The Labute approximate surface area is 210 Å². The number of hydrogen-bond acceptors (Lipinski definition) is 7. The van der Waals surface area contributed by atoms with E-state index in [2.05, 4.69) is 25.4 Å². The van der Waals surface area contributed by atoms with Gasteiger partial charge in [-0.25, -0.2) is 4.68 Å². The Balaban J connectivity index is 1.47. The van der Waals surface area contributed by atoms with Crippen LogP contribution in [0.5, 0.6) is 11.5 Å². The van der Waals surface area contributed by atoms with Crippen LogP contribution >= 0.6 is 0 Å². The van der Waals surface area contributed by atoms with Gasteiger partial charge in [0, 0.05) is 35.1 Å². The van der Waals surface area contributed by atoms with Gasteiger partial charge in [0.15, 0.2) is 5.82 Å². The van der Waals surface area contributed by atoms with Crippen molar-refractivity contribution in [1.82, 2.24) is 30.1 Å². The van der Waals surface area contributed by atoms with Crippen LogP contribution in [0.15, 0.2) is 53.3 Å². The Morgan fingerprint density at radius 1 is 1.06 bits per heavy atom. The molecule has 1 saturated carbocycles. The van der Waals surface area contributed by atoms with Gasteiger partial charge in [-0.05, 0) is 60.5 Å². The van der Waals surface area contributed by atoms with Gasteiger partial charge >= 0.3 is 0 Å². The van der Waals surface area contributed by atoms with Gasteiger partial charge in [-0.2, -0.15) is 0 Å². The minimum absolute atomic E-state index is 0.105. The fourth-order valence-corrected chi connectivity index (χ4v) is 5.04. The van der Waals surface area contributed by atoms with Gasteiger partial charge in [0.2, 0.25) is 0 Å². The molecule has 1 aliphatic rings. The van der Waals surface area contributed by atoms with Gasteiger partial charge in [0.25, 0.3) is 5.56 Å². The normalized spacial score (nSPS) is 14.1. The Kier molecular flexibility index (Phi) is 7.27. The molecule has 1 N–H and O–H groups in total. The van der Waals surface area contributed by atoms with Crippen molar-refractivity contribution in [3.05, 3.63) is 75.8 Å². The highest BCUT2D eigenvalue weighted by Gasteiger charge is 2.23. The molecule has 2 heterocycles. The molecule has 0 aliphatic heterocycles. The second kappa shape index (κ2) is 10.9. The van der Waals surface area contributed by atoms with E-state index in [1.807, 2.05) is 60.1 Å². The van der Waals surface area contributed by atoms with Crippen LogP contribution in [0, 0.1) is 0 Å². The van der Waals surface area contributed by atoms with Gasteiger partial charge < -0.3 is 14.5 Å². The summed E-state index contributed by atoms with van der Waals surface area (Å²) in [7, 11) is 1.67. The Bertz CT molecular complexity index is 1380. The lowest BCUT2D eigenvalue weighted by Gasteiger charge is -2.23. The van der Waals surface area contributed by atoms with Crippen molar-refractivity contribution in [1.29, 1.82) is 0 Å². The zero-order valence-corrected chi connectivity index (χ0v) is 20.8. The summed E-state index contributed by atoms with van der Waals surface area (Å²) < 4.78 is 13.2. The number of rotatable bonds is 10. The predicted octanol–water partition coefficient (Wildman–Crippen LogP) is 4.24. The van der Waals surface area contributed by atoms with Crippen molar-refractivity contribution in [2.75, 3.05) is 13.7 Å². The highest BCUT2D eigenvalue weighted by atomic mass is 16.5. The molecule has 1 aliphatic carbocycles. The fraction of sp³-hybridized carbons (Fsp3) is 0.407. The number of tetrazole rings is 1. The number of nitrogens with zero attached hydrogens (tertiary/aromatic N) is 5. The summed E-state index contributed by atoms with van der Waals surface area (Å²) in [5.41, 5.74) is 2.39. The van der Waals surface area contributed by atoms with Crippen LogP contribution in [-0.2, 0) is 19.6 Å². The number of ether oxygens (including phenoxy) is 2. The number of nitrogens with one attached hydrogen (secondary N) is 1. The highest BCUT2D eigenvalue weighted by Crippen LogP contribution is 2.30. The highest BCUT2D eigenvalue weighted by molar-refractivity contribution is 5.80. The zero-order chi connectivity index (χ0) is 24.9.